The maximum Gasteiger partial charge on any atom is 0.237 e. The van der Waals surface area contributed by atoms with Gasteiger partial charge in [-0.1, -0.05) is 62.8 Å². The second kappa shape index (κ2) is 12.1. The number of benzene rings is 1. The number of nitrogens with zero attached hydrogens (tertiary/aromatic N) is 1. The van der Waals surface area contributed by atoms with Gasteiger partial charge in [-0.15, -0.1) is 0 Å². The highest BCUT2D eigenvalue weighted by Gasteiger charge is 2.42. The Hall–Kier alpha value is -2.51. The van der Waals surface area contributed by atoms with Crippen molar-refractivity contribution >= 4 is 18.1 Å². The van der Waals surface area contributed by atoms with E-state index in [9.17, 15) is 14.4 Å². The average Bonchev–Trinajstić information content (AvgIpc) is 3.00. The SMILES string of the molecule is CCC(=O)N[C@](C=O)(C(C)C)N1CCC(C(C)NC(=O)[C@H](C)N)=CC(Cc2ccccc2)C1. The van der Waals surface area contributed by atoms with Crippen LogP contribution in [0.1, 0.15) is 53.0 Å². The summed E-state index contributed by atoms with van der Waals surface area (Å²) in [6.45, 7) is 10.6. The van der Waals surface area contributed by atoms with Crippen LogP contribution in [0.4, 0.5) is 0 Å². The lowest BCUT2D eigenvalue weighted by Crippen LogP contribution is -2.65. The molecular weight excluding hydrogens is 416 g/mol. The summed E-state index contributed by atoms with van der Waals surface area (Å²) in [5, 5.41) is 6.01. The molecule has 1 aromatic carbocycles. The second-order valence-electron chi connectivity index (χ2n) is 9.41. The third-order valence-electron chi connectivity index (χ3n) is 6.49. The van der Waals surface area contributed by atoms with Gasteiger partial charge in [0.05, 0.1) is 6.04 Å². The Morgan fingerprint density at radius 1 is 1.21 bits per heavy atom. The Kier molecular flexibility index (Phi) is 9.80. The van der Waals surface area contributed by atoms with E-state index in [0.29, 0.717) is 25.9 Å². The van der Waals surface area contributed by atoms with Gasteiger partial charge in [0, 0.05) is 25.6 Å². The lowest BCUT2D eigenvalue weighted by atomic mass is 9.92. The number of rotatable bonds is 10. The molecule has 0 saturated heterocycles. The molecule has 7 heteroatoms. The molecule has 4 atom stereocenters. The van der Waals surface area contributed by atoms with Crippen LogP contribution in [0, 0.1) is 11.8 Å². The molecule has 2 rings (SSSR count). The van der Waals surface area contributed by atoms with Crippen molar-refractivity contribution in [2.75, 3.05) is 13.1 Å². The minimum atomic E-state index is -1.08. The zero-order chi connectivity index (χ0) is 24.6. The fourth-order valence-electron chi connectivity index (χ4n) is 4.39. The summed E-state index contributed by atoms with van der Waals surface area (Å²) in [5.74, 6) is -0.343. The van der Waals surface area contributed by atoms with Gasteiger partial charge in [-0.05, 0) is 44.1 Å². The topological polar surface area (TPSA) is 105 Å². The first kappa shape index (κ1) is 26.7. The van der Waals surface area contributed by atoms with E-state index in [2.05, 4.69) is 33.7 Å². The summed E-state index contributed by atoms with van der Waals surface area (Å²) >= 11 is 0. The van der Waals surface area contributed by atoms with Crippen LogP contribution >= 0.6 is 0 Å². The van der Waals surface area contributed by atoms with E-state index in [0.717, 1.165) is 18.3 Å². The molecule has 4 N–H and O–H groups in total. The molecule has 7 nitrogen and oxygen atoms in total. The molecule has 0 aliphatic carbocycles. The Morgan fingerprint density at radius 3 is 2.42 bits per heavy atom. The number of aldehydes is 1. The fourth-order valence-corrected chi connectivity index (χ4v) is 4.39. The molecular formula is C26H40N4O3. The number of amides is 2. The van der Waals surface area contributed by atoms with Crippen molar-refractivity contribution < 1.29 is 14.4 Å². The summed E-state index contributed by atoms with van der Waals surface area (Å²) in [7, 11) is 0. The highest BCUT2D eigenvalue weighted by molar-refractivity contribution is 5.82. The fraction of sp³-hybridized carbons (Fsp3) is 0.577. The predicted octanol–water partition coefficient (Wildman–Crippen LogP) is 2.41. The normalized spacial score (nSPS) is 20.7. The molecule has 1 heterocycles. The molecule has 33 heavy (non-hydrogen) atoms. The molecule has 1 aliphatic rings. The first-order valence-corrected chi connectivity index (χ1v) is 12.0. The van der Waals surface area contributed by atoms with Crippen LogP contribution in [0.3, 0.4) is 0 Å². The van der Waals surface area contributed by atoms with Crippen molar-refractivity contribution in [1.82, 2.24) is 15.5 Å². The molecule has 2 unspecified atom stereocenters. The molecule has 1 aromatic rings. The summed E-state index contributed by atoms with van der Waals surface area (Å²) < 4.78 is 0. The molecule has 0 bridgehead atoms. The van der Waals surface area contributed by atoms with Crippen molar-refractivity contribution in [2.24, 2.45) is 17.6 Å². The van der Waals surface area contributed by atoms with Crippen molar-refractivity contribution in [3.05, 3.63) is 47.5 Å². The van der Waals surface area contributed by atoms with Crippen molar-refractivity contribution in [1.29, 1.82) is 0 Å². The van der Waals surface area contributed by atoms with Crippen LogP contribution in [-0.4, -0.2) is 53.8 Å². The Morgan fingerprint density at radius 2 is 1.88 bits per heavy atom. The number of hydrogen-bond donors (Lipinski definition) is 3. The van der Waals surface area contributed by atoms with Crippen LogP contribution in [-0.2, 0) is 20.8 Å². The second-order valence-corrected chi connectivity index (χ2v) is 9.41. The summed E-state index contributed by atoms with van der Waals surface area (Å²) in [5.41, 5.74) is 6.97. The zero-order valence-electron chi connectivity index (χ0n) is 20.6. The van der Waals surface area contributed by atoms with Gasteiger partial charge >= 0.3 is 0 Å². The predicted molar refractivity (Wildman–Crippen MR) is 131 cm³/mol. The van der Waals surface area contributed by atoms with Crippen LogP contribution in [0.5, 0.6) is 0 Å². The van der Waals surface area contributed by atoms with Crippen molar-refractivity contribution in [2.45, 2.75) is 71.6 Å². The molecule has 0 aromatic heterocycles. The molecule has 182 valence electrons. The molecule has 0 saturated carbocycles. The number of carbonyl (C=O) groups excluding carboxylic acids is 3. The Bertz CT molecular complexity index is 837. The van der Waals surface area contributed by atoms with E-state index in [1.165, 1.54) is 5.56 Å². The standard InChI is InChI=1S/C26H40N4O3/c1-6-24(32)29-26(17-31,18(2)3)30-13-12-23(20(5)28-25(33)19(4)27)15-22(16-30)14-21-10-8-7-9-11-21/h7-11,15,17-20,22H,6,12-14,16,27H2,1-5H3,(H,28,33)(H,29,32)/t19-,20?,22?,26-/m0/s1. The van der Waals surface area contributed by atoms with Gasteiger partial charge in [0.25, 0.3) is 0 Å². The quantitative estimate of drug-likeness (QED) is 0.370. The molecule has 0 fully saturated rings. The van der Waals surface area contributed by atoms with E-state index >= 15 is 0 Å². The van der Waals surface area contributed by atoms with Gasteiger partial charge in [-0.2, -0.15) is 0 Å². The van der Waals surface area contributed by atoms with E-state index in [-0.39, 0.29) is 29.7 Å². The average molecular weight is 457 g/mol. The monoisotopic (exact) mass is 456 g/mol. The Labute approximate surface area is 198 Å². The largest absolute Gasteiger partial charge is 0.349 e. The van der Waals surface area contributed by atoms with E-state index < -0.39 is 11.7 Å². The minimum absolute atomic E-state index is 0.108. The highest BCUT2D eigenvalue weighted by atomic mass is 16.2. The number of nitrogens with two attached hydrogens (primary N) is 1. The maximum atomic E-state index is 12.5. The lowest BCUT2D eigenvalue weighted by Gasteiger charge is -2.44. The van der Waals surface area contributed by atoms with E-state index in [1.807, 2.05) is 39.0 Å². The summed E-state index contributed by atoms with van der Waals surface area (Å²) in [6, 6.07) is 9.47. The Balaban J connectivity index is 2.38. The minimum Gasteiger partial charge on any atom is -0.349 e. The van der Waals surface area contributed by atoms with Gasteiger partial charge in [-0.3, -0.25) is 19.3 Å². The highest BCUT2D eigenvalue weighted by Crippen LogP contribution is 2.29. The third-order valence-corrected chi connectivity index (χ3v) is 6.49. The zero-order valence-corrected chi connectivity index (χ0v) is 20.6. The van der Waals surface area contributed by atoms with E-state index in [4.69, 9.17) is 5.73 Å². The van der Waals surface area contributed by atoms with E-state index in [1.54, 1.807) is 13.8 Å². The smallest absolute Gasteiger partial charge is 0.237 e. The van der Waals surface area contributed by atoms with Gasteiger partial charge in [0.15, 0.2) is 11.9 Å². The van der Waals surface area contributed by atoms with Gasteiger partial charge in [0.2, 0.25) is 11.8 Å². The molecule has 1 aliphatic heterocycles. The van der Waals surface area contributed by atoms with Gasteiger partial charge < -0.3 is 16.4 Å². The third kappa shape index (κ3) is 6.98. The number of nitrogens with one attached hydrogen (secondary N) is 2. The number of hydrogen-bond acceptors (Lipinski definition) is 5. The maximum absolute atomic E-state index is 12.5. The molecule has 0 spiro atoms. The van der Waals surface area contributed by atoms with Crippen LogP contribution in [0.25, 0.3) is 0 Å². The van der Waals surface area contributed by atoms with Crippen molar-refractivity contribution in [3.63, 3.8) is 0 Å². The summed E-state index contributed by atoms with van der Waals surface area (Å²) in [4.78, 5) is 39.2. The van der Waals surface area contributed by atoms with Crippen LogP contribution in [0.15, 0.2) is 42.0 Å². The van der Waals surface area contributed by atoms with Crippen LogP contribution < -0.4 is 16.4 Å². The van der Waals surface area contributed by atoms with Gasteiger partial charge in [-0.25, -0.2) is 0 Å². The van der Waals surface area contributed by atoms with Crippen molar-refractivity contribution in [3.8, 4) is 0 Å². The first-order chi connectivity index (χ1) is 15.6. The molecule has 2 amide bonds. The first-order valence-electron chi connectivity index (χ1n) is 12.0. The summed E-state index contributed by atoms with van der Waals surface area (Å²) in [6.07, 6.45) is 4.90. The number of carbonyl (C=O) groups is 3. The van der Waals surface area contributed by atoms with Crippen LogP contribution in [0.2, 0.25) is 0 Å². The van der Waals surface area contributed by atoms with Gasteiger partial charge in [0.1, 0.15) is 0 Å². The lowest BCUT2D eigenvalue weighted by molar-refractivity contribution is -0.136. The molecule has 0 radical (unpaired) electrons.